The van der Waals surface area contributed by atoms with Crippen molar-refractivity contribution in [2.75, 3.05) is 13.1 Å². The Labute approximate surface area is 157 Å². The van der Waals surface area contributed by atoms with E-state index < -0.39 is 0 Å². The molecule has 4 rings (SSSR count). The van der Waals surface area contributed by atoms with Crippen LogP contribution < -0.4 is 5.73 Å². The number of carbonyl (C=O) groups is 2. The van der Waals surface area contributed by atoms with Crippen LogP contribution in [0.15, 0.2) is 54.7 Å². The molecule has 1 aliphatic heterocycles. The Hall–Kier alpha value is -3.12. The lowest BCUT2D eigenvalue weighted by Crippen LogP contribution is -2.32. The van der Waals surface area contributed by atoms with E-state index in [1.807, 2.05) is 48.7 Å². The fourth-order valence-electron chi connectivity index (χ4n) is 3.55. The van der Waals surface area contributed by atoms with Gasteiger partial charge in [0.1, 0.15) is 6.54 Å². The number of rotatable bonds is 6. The van der Waals surface area contributed by atoms with Crippen LogP contribution in [-0.4, -0.2) is 39.8 Å². The second-order valence-corrected chi connectivity index (χ2v) is 6.84. The molecule has 0 unspecified atom stereocenters. The summed E-state index contributed by atoms with van der Waals surface area (Å²) in [4.78, 5) is 31.2. The molecule has 0 spiro atoms. The van der Waals surface area contributed by atoms with E-state index in [-0.39, 0.29) is 18.5 Å². The van der Waals surface area contributed by atoms with Gasteiger partial charge in [-0.05, 0) is 41.8 Å². The lowest BCUT2D eigenvalue weighted by molar-refractivity contribution is -0.125. The molecule has 0 radical (unpaired) electrons. The molecule has 6 heteroatoms. The van der Waals surface area contributed by atoms with Crippen molar-refractivity contribution < 1.29 is 9.59 Å². The zero-order valence-corrected chi connectivity index (χ0v) is 15.0. The quantitative estimate of drug-likeness (QED) is 0.661. The third kappa shape index (κ3) is 3.44. The smallest absolute Gasteiger partial charge is 0.327 e. The van der Waals surface area contributed by atoms with E-state index in [1.165, 1.54) is 10.5 Å². The Balaban J connectivity index is 1.51. The van der Waals surface area contributed by atoms with Gasteiger partial charge in [-0.15, -0.1) is 0 Å². The summed E-state index contributed by atoms with van der Waals surface area (Å²) in [6, 6.07) is 15.4. The minimum atomic E-state index is -0.236. The Morgan fingerprint density at radius 1 is 1.00 bits per heavy atom. The molecule has 2 aromatic carbocycles. The number of hydrogen-bond acceptors (Lipinski definition) is 3. The van der Waals surface area contributed by atoms with E-state index in [2.05, 4.69) is 11.1 Å². The Morgan fingerprint density at radius 2 is 1.81 bits per heavy atom. The zero-order valence-electron chi connectivity index (χ0n) is 15.0. The molecule has 0 aliphatic carbocycles. The number of fused-ring (bicyclic) bond motifs is 1. The third-order valence-corrected chi connectivity index (χ3v) is 4.93. The summed E-state index contributed by atoms with van der Waals surface area (Å²) in [5.41, 5.74) is 9.85. The van der Waals surface area contributed by atoms with Crippen LogP contribution >= 0.6 is 0 Å². The predicted molar refractivity (Wildman–Crippen MR) is 104 cm³/mol. The van der Waals surface area contributed by atoms with Gasteiger partial charge in [-0.1, -0.05) is 36.4 Å². The molecule has 0 atom stereocenters. The average Bonchev–Trinajstić information content (AvgIpc) is 3.19. The summed E-state index contributed by atoms with van der Waals surface area (Å²) in [6.45, 7) is 1.43. The lowest BCUT2D eigenvalue weighted by Gasteiger charge is -2.17. The first kappa shape index (κ1) is 17.3. The van der Waals surface area contributed by atoms with Crippen LogP contribution in [0.25, 0.3) is 10.9 Å². The number of amides is 3. The van der Waals surface area contributed by atoms with Crippen molar-refractivity contribution in [1.29, 1.82) is 0 Å². The van der Waals surface area contributed by atoms with Crippen molar-refractivity contribution in [2.45, 2.75) is 19.5 Å². The highest BCUT2D eigenvalue weighted by atomic mass is 16.2. The summed E-state index contributed by atoms with van der Waals surface area (Å²) in [5.74, 6) is -0.157. The van der Waals surface area contributed by atoms with Gasteiger partial charge in [0.15, 0.2) is 0 Å². The van der Waals surface area contributed by atoms with Gasteiger partial charge in [0.05, 0.1) is 6.54 Å². The molecule has 1 aromatic heterocycles. The van der Waals surface area contributed by atoms with E-state index in [1.54, 1.807) is 4.90 Å². The maximum atomic E-state index is 12.7. The van der Waals surface area contributed by atoms with Crippen LogP contribution in [0.1, 0.15) is 16.7 Å². The van der Waals surface area contributed by atoms with Gasteiger partial charge in [-0.3, -0.25) is 9.69 Å². The molecule has 1 saturated heterocycles. The normalized spacial score (nSPS) is 14.6. The van der Waals surface area contributed by atoms with Crippen molar-refractivity contribution in [3.63, 3.8) is 0 Å². The number of hydrogen-bond donors (Lipinski definition) is 2. The second kappa shape index (κ2) is 7.25. The minimum absolute atomic E-state index is 0.118. The van der Waals surface area contributed by atoms with Crippen molar-refractivity contribution in [2.24, 2.45) is 5.73 Å². The number of benzene rings is 2. The minimum Gasteiger partial charge on any atom is -0.361 e. The Bertz CT molecular complexity index is 980. The van der Waals surface area contributed by atoms with Crippen LogP contribution in [0.4, 0.5) is 4.79 Å². The second-order valence-electron chi connectivity index (χ2n) is 6.84. The number of nitrogens with zero attached hydrogens (tertiary/aromatic N) is 2. The predicted octanol–water partition coefficient (Wildman–Crippen LogP) is 2.63. The maximum absolute atomic E-state index is 12.7. The van der Waals surface area contributed by atoms with Gasteiger partial charge in [0.25, 0.3) is 5.91 Å². The largest absolute Gasteiger partial charge is 0.361 e. The molecule has 138 valence electrons. The number of aromatic nitrogens is 1. The molecule has 27 heavy (non-hydrogen) atoms. The first-order valence-electron chi connectivity index (χ1n) is 9.08. The molecule has 0 saturated carbocycles. The zero-order chi connectivity index (χ0) is 18.8. The first-order chi connectivity index (χ1) is 13.2. The molecule has 0 bridgehead atoms. The number of nitrogens with two attached hydrogens (primary N) is 1. The van der Waals surface area contributed by atoms with Gasteiger partial charge in [-0.2, -0.15) is 0 Å². The lowest BCUT2D eigenvalue weighted by atomic mass is 10.1. The van der Waals surface area contributed by atoms with E-state index in [4.69, 9.17) is 5.73 Å². The van der Waals surface area contributed by atoms with Gasteiger partial charge in [0.2, 0.25) is 0 Å². The SMILES string of the molecule is NCCc1c[nH]c2ccc(CN3CC(=O)N(Cc4ccccc4)C3=O)cc12. The van der Waals surface area contributed by atoms with Gasteiger partial charge in [0, 0.05) is 23.6 Å². The van der Waals surface area contributed by atoms with Crippen LogP contribution in [0, 0.1) is 0 Å². The summed E-state index contributed by atoms with van der Waals surface area (Å²) < 4.78 is 0. The number of carbonyl (C=O) groups excluding carboxylic acids is 2. The van der Waals surface area contributed by atoms with Crippen molar-refractivity contribution in [1.82, 2.24) is 14.8 Å². The van der Waals surface area contributed by atoms with Crippen LogP contribution in [0.2, 0.25) is 0 Å². The summed E-state index contributed by atoms with van der Waals surface area (Å²) in [7, 11) is 0. The highest BCUT2D eigenvalue weighted by molar-refractivity contribution is 6.01. The molecule has 3 N–H and O–H groups in total. The van der Waals surface area contributed by atoms with E-state index in [0.29, 0.717) is 19.6 Å². The van der Waals surface area contributed by atoms with Crippen LogP contribution in [0.3, 0.4) is 0 Å². The monoisotopic (exact) mass is 362 g/mol. The van der Waals surface area contributed by atoms with E-state index in [0.717, 1.165) is 28.5 Å². The van der Waals surface area contributed by atoms with Crippen molar-refractivity contribution in [3.8, 4) is 0 Å². The van der Waals surface area contributed by atoms with Gasteiger partial charge < -0.3 is 15.6 Å². The fraction of sp³-hybridized carbons (Fsp3) is 0.238. The molecule has 3 aromatic rings. The highest BCUT2D eigenvalue weighted by Crippen LogP contribution is 2.23. The molecule has 6 nitrogen and oxygen atoms in total. The summed E-state index contributed by atoms with van der Waals surface area (Å²) in [6.07, 6.45) is 2.78. The van der Waals surface area contributed by atoms with Crippen molar-refractivity contribution in [3.05, 3.63) is 71.4 Å². The van der Waals surface area contributed by atoms with E-state index >= 15 is 0 Å². The fourth-order valence-corrected chi connectivity index (χ4v) is 3.55. The molecule has 2 heterocycles. The van der Waals surface area contributed by atoms with E-state index in [9.17, 15) is 9.59 Å². The number of aromatic amines is 1. The molecule has 3 amide bonds. The highest BCUT2D eigenvalue weighted by Gasteiger charge is 2.35. The van der Waals surface area contributed by atoms with Crippen LogP contribution in [0.5, 0.6) is 0 Å². The van der Waals surface area contributed by atoms with Gasteiger partial charge >= 0.3 is 6.03 Å². The Kier molecular flexibility index (Phi) is 4.64. The Morgan fingerprint density at radius 3 is 2.59 bits per heavy atom. The number of H-pyrrole nitrogens is 1. The summed E-state index contributed by atoms with van der Waals surface area (Å²) in [5, 5.41) is 1.12. The van der Waals surface area contributed by atoms with Crippen LogP contribution in [-0.2, 0) is 24.3 Å². The first-order valence-corrected chi connectivity index (χ1v) is 9.08. The third-order valence-electron chi connectivity index (χ3n) is 4.93. The molecule has 1 fully saturated rings. The standard InChI is InChI=1S/C21H22N4O2/c22-9-8-17-11-23-19-7-6-16(10-18(17)19)12-24-14-20(26)25(21(24)27)13-15-4-2-1-3-5-15/h1-7,10-11,23H,8-9,12-14,22H2. The molecular weight excluding hydrogens is 340 g/mol. The summed E-state index contributed by atoms with van der Waals surface area (Å²) >= 11 is 0. The number of imide groups is 1. The maximum Gasteiger partial charge on any atom is 0.327 e. The number of nitrogens with one attached hydrogen (secondary N) is 1. The average molecular weight is 362 g/mol. The molecule has 1 aliphatic rings. The van der Waals surface area contributed by atoms with Crippen molar-refractivity contribution >= 4 is 22.8 Å². The van der Waals surface area contributed by atoms with Gasteiger partial charge in [-0.25, -0.2) is 4.79 Å². The molecular formula is C21H22N4O2. The number of urea groups is 1. The topological polar surface area (TPSA) is 82.4 Å².